The van der Waals surface area contributed by atoms with Gasteiger partial charge in [-0.3, -0.25) is 24.1 Å². The SMILES string of the molecule is Cc1ccc(N2C(=O)C3C(C2=O)[C@@H]2C[C@H]3C3Sc4[nH]c(=O)sc4[C@H](c4cc(Br)ccc4OCC(=O)Nc4ccccc4C(F)(F)F)C32)cc1. The Hall–Kier alpha value is -3.88. The quantitative estimate of drug-likeness (QED) is 0.201. The molecule has 7 atom stereocenters. The number of H-pyrrole nitrogens is 1. The molecule has 2 aliphatic heterocycles. The molecule has 8 nitrogen and oxygen atoms in total. The predicted molar refractivity (Wildman–Crippen MR) is 182 cm³/mol. The molecule has 4 aliphatic rings. The van der Waals surface area contributed by atoms with Gasteiger partial charge in [-0.1, -0.05) is 57.1 Å². The Morgan fingerprint density at radius 3 is 2.47 bits per heavy atom. The molecule has 3 fully saturated rings. The lowest BCUT2D eigenvalue weighted by atomic mass is 9.68. The molecule has 3 heterocycles. The number of rotatable bonds is 6. The molecular formula is C35H27BrF3N3O5S2. The number of carbonyl (C=O) groups excluding carboxylic acids is 3. The van der Waals surface area contributed by atoms with Gasteiger partial charge >= 0.3 is 11.0 Å². The molecule has 2 saturated carbocycles. The molecule has 4 aromatic rings. The fraction of sp³-hybridized carbons (Fsp3) is 0.314. The van der Waals surface area contributed by atoms with Gasteiger partial charge in [-0.2, -0.15) is 13.2 Å². The molecular weight excluding hydrogens is 743 g/mol. The van der Waals surface area contributed by atoms with E-state index in [0.29, 0.717) is 28.4 Å². The van der Waals surface area contributed by atoms with Crippen molar-refractivity contribution in [2.24, 2.45) is 29.6 Å². The summed E-state index contributed by atoms with van der Waals surface area (Å²) in [6.07, 6.45) is -3.96. The number of anilines is 2. The molecule has 2 aliphatic carbocycles. The number of imide groups is 1. The monoisotopic (exact) mass is 769 g/mol. The number of halogens is 4. The average molecular weight is 771 g/mol. The van der Waals surface area contributed by atoms with Gasteiger partial charge in [-0.25, -0.2) is 0 Å². The third-order valence-corrected chi connectivity index (χ3v) is 13.3. The first kappa shape index (κ1) is 32.3. The van der Waals surface area contributed by atoms with Crippen LogP contribution < -0.4 is 19.8 Å². The van der Waals surface area contributed by atoms with Crippen molar-refractivity contribution in [2.75, 3.05) is 16.8 Å². The standard InChI is InChI=1S/C35H27BrF3N3O5S2/c1-15-6-9-17(10-7-15)42-32(44)27-19-13-20(28(27)33(42)45)29-26(19)25(30-31(48-29)41-34(46)49-30)18-12-16(36)8-11-23(18)47-14-24(43)40-22-5-3-2-4-21(22)35(37,38)39/h2-12,19-20,25-29H,13-14H2,1H3,(H,40,43)(H,41,46)/t19-,20-,25-,26?,27?,28?,29?/m1/s1. The van der Waals surface area contributed by atoms with Crippen LogP contribution >= 0.6 is 39.0 Å². The number of nitrogens with zero attached hydrogens (tertiary/aromatic N) is 1. The van der Waals surface area contributed by atoms with Gasteiger partial charge in [0.1, 0.15) is 5.75 Å². The molecule has 0 radical (unpaired) electrons. The number of aromatic amines is 1. The summed E-state index contributed by atoms with van der Waals surface area (Å²) in [5, 5.41) is 2.96. The highest BCUT2D eigenvalue weighted by Crippen LogP contribution is 2.69. The molecule has 252 valence electrons. The second kappa shape index (κ2) is 11.9. The lowest BCUT2D eigenvalue weighted by Crippen LogP contribution is -2.42. The number of thiazole rings is 1. The molecule has 49 heavy (non-hydrogen) atoms. The van der Waals surface area contributed by atoms with Gasteiger partial charge in [-0.05, 0) is 73.6 Å². The Kier molecular flexibility index (Phi) is 7.83. The van der Waals surface area contributed by atoms with Crippen molar-refractivity contribution in [1.29, 1.82) is 0 Å². The number of amides is 3. The minimum absolute atomic E-state index is 0.0716. The molecule has 14 heteroatoms. The Balaban J connectivity index is 1.12. The Morgan fingerprint density at radius 1 is 1.02 bits per heavy atom. The fourth-order valence-corrected chi connectivity index (χ4v) is 11.6. The molecule has 4 unspecified atom stereocenters. The van der Waals surface area contributed by atoms with Crippen LogP contribution in [0.25, 0.3) is 0 Å². The van der Waals surface area contributed by atoms with Crippen molar-refractivity contribution in [3.05, 3.63) is 102 Å². The normalized spacial score (nSPS) is 26.8. The van der Waals surface area contributed by atoms with Crippen LogP contribution in [0, 0.1) is 36.5 Å². The lowest BCUT2D eigenvalue weighted by Gasteiger charge is -2.43. The predicted octanol–water partition coefficient (Wildman–Crippen LogP) is 7.22. The van der Waals surface area contributed by atoms with E-state index in [4.69, 9.17) is 4.74 Å². The number of thioether (sulfide) groups is 1. The summed E-state index contributed by atoms with van der Waals surface area (Å²) < 4.78 is 47.4. The number of para-hydroxylation sites is 1. The number of alkyl halides is 3. The highest BCUT2D eigenvalue weighted by molar-refractivity contribution is 9.10. The van der Waals surface area contributed by atoms with Crippen LogP contribution in [0.3, 0.4) is 0 Å². The van der Waals surface area contributed by atoms with E-state index in [1.807, 2.05) is 25.1 Å². The van der Waals surface area contributed by atoms with E-state index < -0.39 is 42.0 Å². The maximum atomic E-state index is 14.1. The second-order valence-corrected chi connectivity index (χ2v) is 16.0. The van der Waals surface area contributed by atoms with Gasteiger partial charge in [0.25, 0.3) is 5.91 Å². The third-order valence-electron chi connectivity index (χ3n) is 10.2. The molecule has 8 rings (SSSR count). The van der Waals surface area contributed by atoms with E-state index in [2.05, 4.69) is 26.2 Å². The maximum absolute atomic E-state index is 14.1. The van der Waals surface area contributed by atoms with E-state index in [0.717, 1.165) is 32.3 Å². The molecule has 3 amide bonds. The molecule has 1 saturated heterocycles. The summed E-state index contributed by atoms with van der Waals surface area (Å²) in [6.45, 7) is 1.37. The van der Waals surface area contributed by atoms with E-state index in [-0.39, 0.29) is 45.4 Å². The first-order chi connectivity index (χ1) is 23.4. The minimum atomic E-state index is -4.66. The van der Waals surface area contributed by atoms with Crippen molar-refractivity contribution >= 4 is 68.1 Å². The fourth-order valence-electron chi connectivity index (χ4n) is 8.38. The molecule has 1 aromatic heterocycles. The third kappa shape index (κ3) is 5.34. The zero-order valence-electron chi connectivity index (χ0n) is 25.6. The highest BCUT2D eigenvalue weighted by atomic mass is 79.9. The van der Waals surface area contributed by atoms with Crippen molar-refractivity contribution in [1.82, 2.24) is 4.98 Å². The largest absolute Gasteiger partial charge is 0.483 e. The summed E-state index contributed by atoms with van der Waals surface area (Å²) in [5.41, 5.74) is 0.915. The van der Waals surface area contributed by atoms with Crippen LogP contribution in [-0.2, 0) is 20.6 Å². The van der Waals surface area contributed by atoms with Crippen molar-refractivity contribution < 1.29 is 32.3 Å². The van der Waals surface area contributed by atoms with Crippen LogP contribution in [0.1, 0.15) is 33.9 Å². The molecule has 2 bridgehead atoms. The van der Waals surface area contributed by atoms with Gasteiger partial charge in [0.15, 0.2) is 6.61 Å². The van der Waals surface area contributed by atoms with E-state index in [1.54, 1.807) is 36.0 Å². The van der Waals surface area contributed by atoms with Gasteiger partial charge < -0.3 is 15.0 Å². The van der Waals surface area contributed by atoms with Crippen LogP contribution in [0.4, 0.5) is 24.5 Å². The number of benzene rings is 3. The van der Waals surface area contributed by atoms with Gasteiger partial charge in [0.2, 0.25) is 11.8 Å². The number of aryl methyl sites for hydroxylation is 1. The maximum Gasteiger partial charge on any atom is 0.418 e. The number of nitrogens with one attached hydrogen (secondary N) is 2. The van der Waals surface area contributed by atoms with Gasteiger partial charge in [0, 0.05) is 26.1 Å². The zero-order chi connectivity index (χ0) is 34.4. The average Bonchev–Trinajstić information content (AvgIpc) is 3.79. The minimum Gasteiger partial charge on any atom is -0.483 e. The lowest BCUT2D eigenvalue weighted by molar-refractivity contribution is -0.137. The summed E-state index contributed by atoms with van der Waals surface area (Å²) in [6, 6.07) is 17.3. The number of aromatic nitrogens is 1. The molecule has 2 N–H and O–H groups in total. The smallest absolute Gasteiger partial charge is 0.418 e. The van der Waals surface area contributed by atoms with Crippen LogP contribution in [0.2, 0.25) is 0 Å². The molecule has 0 spiro atoms. The highest BCUT2D eigenvalue weighted by Gasteiger charge is 2.70. The van der Waals surface area contributed by atoms with E-state index >= 15 is 0 Å². The number of carbonyl (C=O) groups is 3. The Morgan fingerprint density at radius 2 is 1.73 bits per heavy atom. The summed E-state index contributed by atoms with van der Waals surface area (Å²) >= 11 is 6.20. The van der Waals surface area contributed by atoms with Crippen molar-refractivity contribution in [3.8, 4) is 5.75 Å². The zero-order valence-corrected chi connectivity index (χ0v) is 28.8. The Bertz CT molecular complexity index is 2080. The van der Waals surface area contributed by atoms with Crippen LogP contribution in [0.5, 0.6) is 5.75 Å². The summed E-state index contributed by atoms with van der Waals surface area (Å²) in [7, 11) is 0. The summed E-state index contributed by atoms with van der Waals surface area (Å²) in [4.78, 5) is 58.5. The van der Waals surface area contributed by atoms with Gasteiger partial charge in [0.05, 0.1) is 33.8 Å². The van der Waals surface area contributed by atoms with E-state index in [1.165, 1.54) is 23.1 Å². The topological polar surface area (TPSA) is 109 Å². The number of hydrogen-bond acceptors (Lipinski definition) is 7. The first-order valence-corrected chi connectivity index (χ1v) is 18.1. The number of hydrogen-bond donors (Lipinski definition) is 2. The first-order valence-electron chi connectivity index (χ1n) is 15.6. The summed E-state index contributed by atoms with van der Waals surface area (Å²) in [5.74, 6) is -2.57. The van der Waals surface area contributed by atoms with Gasteiger partial charge in [-0.15, -0.1) is 11.8 Å². The second-order valence-electron chi connectivity index (χ2n) is 12.9. The van der Waals surface area contributed by atoms with Crippen LogP contribution in [0.15, 0.2) is 81.0 Å². The number of ether oxygens (including phenoxy) is 1. The number of fused-ring (bicyclic) bond motifs is 9. The van der Waals surface area contributed by atoms with Crippen LogP contribution in [-0.4, -0.2) is 34.6 Å². The Labute approximate surface area is 294 Å². The molecule has 3 aromatic carbocycles. The van der Waals surface area contributed by atoms with E-state index in [9.17, 15) is 32.3 Å². The van der Waals surface area contributed by atoms with Crippen molar-refractivity contribution in [2.45, 2.75) is 35.7 Å². The van der Waals surface area contributed by atoms with Crippen molar-refractivity contribution in [3.63, 3.8) is 0 Å².